The van der Waals surface area contributed by atoms with E-state index in [1.54, 1.807) is 18.8 Å². The van der Waals surface area contributed by atoms with Gasteiger partial charge >= 0.3 is 0 Å². The molecule has 0 aliphatic heterocycles. The number of hydrogen-bond acceptors (Lipinski definition) is 2. The fraction of sp³-hybridized carbons (Fsp3) is 0.538. The summed E-state index contributed by atoms with van der Waals surface area (Å²) in [7, 11) is 1.79. The summed E-state index contributed by atoms with van der Waals surface area (Å²) in [5, 5.41) is 3.07. The summed E-state index contributed by atoms with van der Waals surface area (Å²) in [6.07, 6.45) is 0. The molecule has 0 saturated carbocycles. The largest absolute Gasteiger partial charge is 0.312 e. The van der Waals surface area contributed by atoms with E-state index in [0.29, 0.717) is 5.56 Å². The van der Waals surface area contributed by atoms with Crippen molar-refractivity contribution < 1.29 is 8.78 Å². The van der Waals surface area contributed by atoms with Crippen LogP contribution in [-0.2, 0) is 0 Å². The molecule has 0 spiro atoms. The van der Waals surface area contributed by atoms with Crippen molar-refractivity contribution in [2.75, 3.05) is 12.8 Å². The third-order valence-electron chi connectivity index (χ3n) is 2.37. The standard InChI is InChI=1S/C13H19F2NS/c1-13(2,3)17-8-12(16-4)10-6-5-9(14)7-11(10)15/h5-7,12,16H,8H2,1-4H3. The Morgan fingerprint density at radius 3 is 2.41 bits per heavy atom. The van der Waals surface area contributed by atoms with E-state index in [2.05, 4.69) is 26.1 Å². The first-order valence-electron chi connectivity index (χ1n) is 5.59. The molecule has 0 saturated heterocycles. The molecular formula is C13H19F2NS. The highest BCUT2D eigenvalue weighted by atomic mass is 32.2. The van der Waals surface area contributed by atoms with E-state index >= 15 is 0 Å². The fourth-order valence-electron chi connectivity index (χ4n) is 1.45. The number of hydrogen-bond donors (Lipinski definition) is 1. The third kappa shape index (κ3) is 4.64. The Labute approximate surface area is 106 Å². The van der Waals surface area contributed by atoms with Crippen LogP contribution in [0.1, 0.15) is 32.4 Å². The van der Waals surface area contributed by atoms with Gasteiger partial charge in [0, 0.05) is 28.2 Å². The van der Waals surface area contributed by atoms with Crippen molar-refractivity contribution >= 4 is 11.8 Å². The van der Waals surface area contributed by atoms with Gasteiger partial charge in [-0.05, 0) is 13.1 Å². The Morgan fingerprint density at radius 1 is 1.29 bits per heavy atom. The summed E-state index contributed by atoms with van der Waals surface area (Å²) in [5.74, 6) is -0.272. The number of rotatable bonds is 4. The van der Waals surface area contributed by atoms with Gasteiger partial charge in [-0.1, -0.05) is 26.8 Å². The van der Waals surface area contributed by atoms with Crippen molar-refractivity contribution in [1.29, 1.82) is 0 Å². The Morgan fingerprint density at radius 2 is 1.94 bits per heavy atom. The molecule has 1 aromatic carbocycles. The van der Waals surface area contributed by atoms with Gasteiger partial charge in [0.25, 0.3) is 0 Å². The first kappa shape index (κ1) is 14.5. The second-order valence-corrected chi connectivity index (χ2v) is 6.78. The molecule has 0 heterocycles. The third-order valence-corrected chi connectivity index (χ3v) is 3.74. The molecule has 1 unspecified atom stereocenters. The van der Waals surface area contributed by atoms with E-state index in [1.165, 1.54) is 12.1 Å². The van der Waals surface area contributed by atoms with Gasteiger partial charge in [0.05, 0.1) is 0 Å². The smallest absolute Gasteiger partial charge is 0.130 e. The van der Waals surface area contributed by atoms with Crippen LogP contribution in [-0.4, -0.2) is 17.5 Å². The van der Waals surface area contributed by atoms with Gasteiger partial charge in [-0.3, -0.25) is 0 Å². The lowest BCUT2D eigenvalue weighted by molar-refractivity contribution is 0.544. The predicted octanol–water partition coefficient (Wildman–Crippen LogP) is 3.76. The second-order valence-electron chi connectivity index (χ2n) is 4.93. The van der Waals surface area contributed by atoms with Crippen LogP contribution in [0.3, 0.4) is 0 Å². The highest BCUT2D eigenvalue weighted by molar-refractivity contribution is 8.00. The van der Waals surface area contributed by atoms with E-state index in [9.17, 15) is 8.78 Å². The van der Waals surface area contributed by atoms with Crippen LogP contribution in [0, 0.1) is 11.6 Å². The van der Waals surface area contributed by atoms with E-state index in [0.717, 1.165) is 11.8 Å². The molecule has 0 radical (unpaired) electrons. The normalized spacial score (nSPS) is 13.8. The van der Waals surface area contributed by atoms with Crippen molar-refractivity contribution in [3.05, 3.63) is 35.4 Å². The van der Waals surface area contributed by atoms with Gasteiger partial charge in [-0.25, -0.2) is 8.78 Å². The minimum absolute atomic E-state index is 0.0974. The molecular weight excluding hydrogens is 240 g/mol. The van der Waals surface area contributed by atoms with Gasteiger partial charge in [0.15, 0.2) is 0 Å². The van der Waals surface area contributed by atoms with Gasteiger partial charge in [0.1, 0.15) is 11.6 Å². The molecule has 0 aliphatic rings. The van der Waals surface area contributed by atoms with Crippen LogP contribution in [0.4, 0.5) is 8.78 Å². The van der Waals surface area contributed by atoms with Crippen molar-refractivity contribution in [1.82, 2.24) is 5.32 Å². The zero-order valence-electron chi connectivity index (χ0n) is 10.7. The van der Waals surface area contributed by atoms with Gasteiger partial charge < -0.3 is 5.32 Å². The quantitative estimate of drug-likeness (QED) is 0.883. The molecule has 0 amide bonds. The molecule has 1 N–H and O–H groups in total. The highest BCUT2D eigenvalue weighted by Crippen LogP contribution is 2.29. The van der Waals surface area contributed by atoms with E-state index in [1.807, 2.05) is 0 Å². The predicted molar refractivity (Wildman–Crippen MR) is 70.4 cm³/mol. The Kier molecular flexibility index (Phi) is 4.95. The van der Waals surface area contributed by atoms with E-state index in [4.69, 9.17) is 0 Å². The van der Waals surface area contributed by atoms with Crippen molar-refractivity contribution in [2.45, 2.75) is 31.6 Å². The van der Waals surface area contributed by atoms with Crippen LogP contribution >= 0.6 is 11.8 Å². The molecule has 1 aromatic rings. The van der Waals surface area contributed by atoms with Crippen molar-refractivity contribution in [3.8, 4) is 0 Å². The monoisotopic (exact) mass is 259 g/mol. The van der Waals surface area contributed by atoms with Crippen LogP contribution in [0.25, 0.3) is 0 Å². The number of benzene rings is 1. The summed E-state index contributed by atoms with van der Waals surface area (Å²) < 4.78 is 26.6. The molecule has 17 heavy (non-hydrogen) atoms. The maximum Gasteiger partial charge on any atom is 0.130 e. The lowest BCUT2D eigenvalue weighted by Crippen LogP contribution is -2.22. The summed E-state index contributed by atoms with van der Waals surface area (Å²) in [6, 6.07) is 3.64. The van der Waals surface area contributed by atoms with Gasteiger partial charge in [0.2, 0.25) is 0 Å². The average Bonchev–Trinajstić information content (AvgIpc) is 2.19. The topological polar surface area (TPSA) is 12.0 Å². The zero-order valence-corrected chi connectivity index (χ0v) is 11.5. The Balaban J connectivity index is 2.79. The maximum atomic E-state index is 13.6. The number of nitrogens with one attached hydrogen (secondary N) is 1. The number of halogens is 2. The maximum absolute atomic E-state index is 13.6. The first-order valence-corrected chi connectivity index (χ1v) is 6.58. The van der Waals surface area contributed by atoms with E-state index in [-0.39, 0.29) is 10.8 Å². The first-order chi connectivity index (χ1) is 7.83. The minimum atomic E-state index is -0.537. The second kappa shape index (κ2) is 5.83. The van der Waals surface area contributed by atoms with Crippen LogP contribution < -0.4 is 5.32 Å². The SMILES string of the molecule is CNC(CSC(C)(C)C)c1ccc(F)cc1F. The van der Waals surface area contributed by atoms with Gasteiger partial charge in [-0.15, -0.1) is 0 Å². The van der Waals surface area contributed by atoms with Gasteiger partial charge in [-0.2, -0.15) is 11.8 Å². The van der Waals surface area contributed by atoms with Crippen LogP contribution in [0.5, 0.6) is 0 Å². The summed E-state index contributed by atoms with van der Waals surface area (Å²) >= 11 is 1.75. The molecule has 4 heteroatoms. The fourth-order valence-corrected chi connectivity index (χ4v) is 2.46. The van der Waals surface area contributed by atoms with Crippen LogP contribution in [0.2, 0.25) is 0 Å². The molecule has 1 atom stereocenters. The van der Waals surface area contributed by atoms with Crippen molar-refractivity contribution in [2.24, 2.45) is 0 Å². The molecule has 0 fully saturated rings. The minimum Gasteiger partial charge on any atom is -0.312 e. The Hall–Kier alpha value is -0.610. The molecule has 1 rings (SSSR count). The lowest BCUT2D eigenvalue weighted by Gasteiger charge is -2.23. The molecule has 0 aliphatic carbocycles. The molecule has 0 aromatic heterocycles. The summed E-state index contributed by atoms with van der Waals surface area (Å²) in [5.41, 5.74) is 0.519. The average molecular weight is 259 g/mol. The molecule has 1 nitrogen and oxygen atoms in total. The highest BCUT2D eigenvalue weighted by Gasteiger charge is 2.18. The van der Waals surface area contributed by atoms with E-state index < -0.39 is 11.6 Å². The zero-order chi connectivity index (χ0) is 13.1. The van der Waals surface area contributed by atoms with Crippen molar-refractivity contribution in [3.63, 3.8) is 0 Å². The summed E-state index contributed by atoms with van der Waals surface area (Å²) in [6.45, 7) is 6.35. The molecule has 0 bridgehead atoms. The number of thioether (sulfide) groups is 1. The van der Waals surface area contributed by atoms with Crippen LogP contribution in [0.15, 0.2) is 18.2 Å². The molecule has 96 valence electrons. The Bertz CT molecular complexity index is 374. The summed E-state index contributed by atoms with van der Waals surface area (Å²) in [4.78, 5) is 0. The lowest BCUT2D eigenvalue weighted by atomic mass is 10.1.